The number of alkyl halides is 1. The maximum Gasteiger partial charge on any atom is 0.129 e. The lowest BCUT2D eigenvalue weighted by molar-refractivity contribution is 0.0745. The Morgan fingerprint density at radius 2 is 1.90 bits per heavy atom. The second-order valence-corrected chi connectivity index (χ2v) is 5.44. The maximum atomic E-state index is 11.3. The first-order valence-corrected chi connectivity index (χ1v) is 7.38. The molecule has 2 aromatic rings. The van der Waals surface area contributed by atoms with E-state index in [2.05, 4.69) is 6.07 Å². The molecule has 1 N–H and O–H groups in total. The molecule has 0 saturated heterocycles. The molecule has 0 amide bonds. The molecule has 0 fully saturated rings. The van der Waals surface area contributed by atoms with Crippen LogP contribution in [-0.4, -0.2) is 17.6 Å². The number of rotatable bonds is 4. The van der Waals surface area contributed by atoms with E-state index in [1.54, 1.807) is 0 Å². The summed E-state index contributed by atoms with van der Waals surface area (Å²) < 4.78 is 5.74. The molecular formula is C17H17ClO2. The van der Waals surface area contributed by atoms with Gasteiger partial charge in [-0.05, 0) is 17.5 Å². The first-order chi connectivity index (χ1) is 9.75. The Morgan fingerprint density at radius 3 is 2.65 bits per heavy atom. The second kappa shape index (κ2) is 5.47. The summed E-state index contributed by atoms with van der Waals surface area (Å²) in [5.74, 6) is 1.21. The highest BCUT2D eigenvalue weighted by atomic mass is 35.5. The molecule has 2 aromatic carbocycles. The lowest BCUT2D eigenvalue weighted by atomic mass is 9.83. The minimum absolute atomic E-state index is 0.384. The van der Waals surface area contributed by atoms with Gasteiger partial charge >= 0.3 is 0 Å². The van der Waals surface area contributed by atoms with Crippen LogP contribution in [0.5, 0.6) is 5.75 Å². The Hall–Kier alpha value is -1.51. The standard InChI is InChI=1S/C17H17ClO2/c18-11-10-17(19,14-6-2-1-3-7-14)15-8-4-5-13-9-12-20-16(13)15/h1-8,19H,9-12H2. The van der Waals surface area contributed by atoms with Crippen LogP contribution in [0.25, 0.3) is 0 Å². The van der Waals surface area contributed by atoms with Crippen LogP contribution in [-0.2, 0) is 12.0 Å². The van der Waals surface area contributed by atoms with Gasteiger partial charge in [0.05, 0.1) is 6.61 Å². The topological polar surface area (TPSA) is 29.5 Å². The highest BCUT2D eigenvalue weighted by Crippen LogP contribution is 2.42. The fraction of sp³-hybridized carbons (Fsp3) is 0.294. The summed E-state index contributed by atoms with van der Waals surface area (Å²) in [5, 5.41) is 11.3. The first-order valence-electron chi connectivity index (χ1n) is 6.85. The third-order valence-corrected chi connectivity index (χ3v) is 4.06. The lowest BCUT2D eigenvalue weighted by Crippen LogP contribution is -2.28. The summed E-state index contributed by atoms with van der Waals surface area (Å²) in [6, 6.07) is 15.6. The van der Waals surface area contributed by atoms with Crippen molar-refractivity contribution in [3.63, 3.8) is 0 Å². The fourth-order valence-electron chi connectivity index (χ4n) is 2.83. The summed E-state index contributed by atoms with van der Waals surface area (Å²) in [5.41, 5.74) is 1.73. The molecule has 1 aliphatic heterocycles. The quantitative estimate of drug-likeness (QED) is 0.873. The number of hydrogen-bond acceptors (Lipinski definition) is 2. The number of para-hydroxylation sites is 1. The largest absolute Gasteiger partial charge is 0.493 e. The minimum Gasteiger partial charge on any atom is -0.493 e. The molecule has 104 valence electrons. The van der Waals surface area contributed by atoms with E-state index in [9.17, 15) is 5.11 Å². The van der Waals surface area contributed by atoms with Gasteiger partial charge in [0.25, 0.3) is 0 Å². The van der Waals surface area contributed by atoms with Crippen molar-refractivity contribution in [1.29, 1.82) is 0 Å². The van der Waals surface area contributed by atoms with Crippen molar-refractivity contribution in [2.45, 2.75) is 18.4 Å². The molecular weight excluding hydrogens is 272 g/mol. The molecule has 20 heavy (non-hydrogen) atoms. The number of halogens is 1. The molecule has 0 radical (unpaired) electrons. The van der Waals surface area contributed by atoms with Crippen LogP contribution in [0.2, 0.25) is 0 Å². The Bertz CT molecular complexity index is 597. The van der Waals surface area contributed by atoms with E-state index < -0.39 is 5.60 Å². The second-order valence-electron chi connectivity index (χ2n) is 5.06. The number of aliphatic hydroxyl groups is 1. The highest BCUT2D eigenvalue weighted by Gasteiger charge is 2.35. The average Bonchev–Trinajstić information content (AvgIpc) is 2.96. The Kier molecular flexibility index (Phi) is 3.68. The van der Waals surface area contributed by atoms with Gasteiger partial charge in [-0.25, -0.2) is 0 Å². The van der Waals surface area contributed by atoms with Crippen molar-refractivity contribution < 1.29 is 9.84 Å². The number of ether oxygens (including phenoxy) is 1. The zero-order valence-electron chi connectivity index (χ0n) is 11.2. The van der Waals surface area contributed by atoms with Crippen LogP contribution >= 0.6 is 11.6 Å². The summed E-state index contributed by atoms with van der Waals surface area (Å²) in [6.07, 6.45) is 1.35. The highest BCUT2D eigenvalue weighted by molar-refractivity contribution is 6.17. The normalized spacial score (nSPS) is 16.3. The zero-order chi connectivity index (χ0) is 14.0. The van der Waals surface area contributed by atoms with Gasteiger partial charge in [-0.2, -0.15) is 0 Å². The maximum absolute atomic E-state index is 11.3. The Balaban J connectivity index is 2.14. The van der Waals surface area contributed by atoms with E-state index in [0.29, 0.717) is 18.9 Å². The molecule has 3 rings (SSSR count). The van der Waals surface area contributed by atoms with Crippen LogP contribution in [0.4, 0.5) is 0 Å². The van der Waals surface area contributed by atoms with Crippen LogP contribution in [0.1, 0.15) is 23.1 Å². The van der Waals surface area contributed by atoms with Gasteiger partial charge in [-0.15, -0.1) is 11.6 Å². The van der Waals surface area contributed by atoms with Gasteiger partial charge in [0.2, 0.25) is 0 Å². The molecule has 1 heterocycles. The summed E-state index contributed by atoms with van der Waals surface area (Å²) in [7, 11) is 0. The van der Waals surface area contributed by atoms with E-state index >= 15 is 0 Å². The van der Waals surface area contributed by atoms with E-state index in [0.717, 1.165) is 28.9 Å². The van der Waals surface area contributed by atoms with Gasteiger partial charge in [0.1, 0.15) is 11.4 Å². The number of benzene rings is 2. The molecule has 1 atom stereocenters. The number of hydrogen-bond donors (Lipinski definition) is 1. The molecule has 1 aliphatic rings. The van der Waals surface area contributed by atoms with Crippen LogP contribution < -0.4 is 4.74 Å². The Labute approximate surface area is 124 Å². The van der Waals surface area contributed by atoms with Crippen LogP contribution in [0, 0.1) is 0 Å². The third-order valence-electron chi connectivity index (χ3n) is 3.87. The van der Waals surface area contributed by atoms with Crippen molar-refractivity contribution >= 4 is 11.6 Å². The SMILES string of the molecule is OC(CCCl)(c1ccccc1)c1cccc2c1OCC2. The van der Waals surface area contributed by atoms with E-state index in [1.165, 1.54) is 0 Å². The monoisotopic (exact) mass is 288 g/mol. The summed E-state index contributed by atoms with van der Waals surface area (Å²) >= 11 is 5.94. The lowest BCUT2D eigenvalue weighted by Gasteiger charge is -2.30. The molecule has 3 heteroatoms. The van der Waals surface area contributed by atoms with Crippen LogP contribution in [0.15, 0.2) is 48.5 Å². The van der Waals surface area contributed by atoms with Gasteiger partial charge in [0, 0.05) is 17.9 Å². The smallest absolute Gasteiger partial charge is 0.129 e. The molecule has 0 bridgehead atoms. The van der Waals surface area contributed by atoms with Crippen LogP contribution in [0.3, 0.4) is 0 Å². The summed E-state index contributed by atoms with van der Waals surface area (Å²) in [6.45, 7) is 0.679. The molecule has 0 saturated carbocycles. The molecule has 0 aromatic heterocycles. The predicted molar refractivity (Wildman–Crippen MR) is 80.4 cm³/mol. The molecule has 0 aliphatic carbocycles. The van der Waals surface area contributed by atoms with Crippen molar-refractivity contribution in [3.8, 4) is 5.75 Å². The van der Waals surface area contributed by atoms with Gasteiger partial charge < -0.3 is 9.84 Å². The average molecular weight is 289 g/mol. The molecule has 2 nitrogen and oxygen atoms in total. The Morgan fingerprint density at radius 1 is 1.10 bits per heavy atom. The van der Waals surface area contributed by atoms with Crippen molar-refractivity contribution in [2.24, 2.45) is 0 Å². The predicted octanol–water partition coefficient (Wildman–Crippen LogP) is 3.49. The summed E-state index contributed by atoms with van der Waals surface area (Å²) in [4.78, 5) is 0. The van der Waals surface area contributed by atoms with E-state index in [4.69, 9.17) is 16.3 Å². The van der Waals surface area contributed by atoms with E-state index in [1.807, 2.05) is 42.5 Å². The molecule has 0 spiro atoms. The minimum atomic E-state index is -1.10. The van der Waals surface area contributed by atoms with Crippen molar-refractivity contribution in [2.75, 3.05) is 12.5 Å². The fourth-order valence-corrected chi connectivity index (χ4v) is 3.10. The van der Waals surface area contributed by atoms with Crippen molar-refractivity contribution in [1.82, 2.24) is 0 Å². The van der Waals surface area contributed by atoms with Crippen molar-refractivity contribution in [3.05, 3.63) is 65.2 Å². The van der Waals surface area contributed by atoms with Gasteiger partial charge in [-0.1, -0.05) is 48.5 Å². The van der Waals surface area contributed by atoms with E-state index in [-0.39, 0.29) is 0 Å². The van der Waals surface area contributed by atoms with Gasteiger partial charge in [-0.3, -0.25) is 0 Å². The first kappa shape index (κ1) is 13.5. The van der Waals surface area contributed by atoms with Gasteiger partial charge in [0.15, 0.2) is 0 Å². The molecule has 1 unspecified atom stereocenters. The number of fused-ring (bicyclic) bond motifs is 1. The third kappa shape index (κ3) is 2.19. The zero-order valence-corrected chi connectivity index (χ0v) is 11.9.